The van der Waals surface area contributed by atoms with Crippen molar-refractivity contribution in [2.24, 2.45) is 0 Å². The van der Waals surface area contributed by atoms with E-state index in [1.807, 2.05) is 6.07 Å². The van der Waals surface area contributed by atoms with Gasteiger partial charge in [0.05, 0.1) is 23.1 Å². The van der Waals surface area contributed by atoms with Crippen molar-refractivity contribution in [3.05, 3.63) is 52.6 Å². The van der Waals surface area contributed by atoms with Gasteiger partial charge in [0.15, 0.2) is 10.9 Å². The third-order valence-corrected chi connectivity index (χ3v) is 6.22. The number of aromatic carboxylic acids is 1. The Morgan fingerprint density at radius 2 is 2.07 bits per heavy atom. The molecule has 1 N–H and O–H groups in total. The third kappa shape index (κ3) is 2.60. The van der Waals surface area contributed by atoms with Crippen LogP contribution < -0.4 is 9.80 Å². The zero-order valence-electron chi connectivity index (χ0n) is 16.3. The number of amides is 1. The number of carbonyl (C=O) groups excluding carboxylic acids is 1. The van der Waals surface area contributed by atoms with Crippen LogP contribution >= 0.6 is 12.2 Å². The topological polar surface area (TPSA) is 97.5 Å². The molecular formula is C21H17FN4O3S. The molecular weight excluding hydrogens is 407 g/mol. The number of hydrogen-bond donors (Lipinski definition) is 1. The molecule has 4 rings (SSSR count). The third-order valence-electron chi connectivity index (χ3n) is 5.86. The summed E-state index contributed by atoms with van der Waals surface area (Å²) in [7, 11) is 0. The number of halogens is 1. The lowest BCUT2D eigenvalue weighted by atomic mass is 9.75. The number of nitrogens with zero attached hydrogens (tertiary/aromatic N) is 4. The minimum Gasteiger partial charge on any atom is -0.478 e. The quantitative estimate of drug-likeness (QED) is 0.754. The molecule has 0 unspecified atom stereocenters. The summed E-state index contributed by atoms with van der Waals surface area (Å²) in [6.07, 6.45) is 3.20. The van der Waals surface area contributed by atoms with E-state index in [0.717, 1.165) is 6.42 Å². The molecule has 1 saturated heterocycles. The summed E-state index contributed by atoms with van der Waals surface area (Å²) < 4.78 is 15.2. The first-order valence-corrected chi connectivity index (χ1v) is 9.71. The minimum absolute atomic E-state index is 0.0148. The molecule has 9 heteroatoms. The van der Waals surface area contributed by atoms with Gasteiger partial charge in [0.25, 0.3) is 5.91 Å². The van der Waals surface area contributed by atoms with E-state index in [1.165, 1.54) is 35.1 Å². The average molecular weight is 424 g/mol. The van der Waals surface area contributed by atoms with E-state index >= 15 is 4.39 Å². The lowest BCUT2D eigenvalue weighted by molar-refractivity contribution is -0.123. The zero-order chi connectivity index (χ0) is 21.8. The van der Waals surface area contributed by atoms with Crippen molar-refractivity contribution >= 4 is 40.6 Å². The molecule has 30 heavy (non-hydrogen) atoms. The molecule has 1 aromatic heterocycles. The van der Waals surface area contributed by atoms with E-state index in [2.05, 4.69) is 4.98 Å². The standard InChI is InChI=1S/C21H17FN4O3S/c1-11-8-13(10-24-15(11)9-23)25-19(29)21(6-3-7-21)26(20(25)30)16-5-4-14(18(27)28)12(2)17(16)22/h4-5,8,10H,3,6-7H2,1-2H3,(H,27,28). The van der Waals surface area contributed by atoms with E-state index in [1.54, 1.807) is 13.0 Å². The van der Waals surface area contributed by atoms with Crippen molar-refractivity contribution in [3.8, 4) is 6.07 Å². The van der Waals surface area contributed by atoms with Crippen molar-refractivity contribution in [3.63, 3.8) is 0 Å². The maximum atomic E-state index is 15.2. The Bertz CT molecular complexity index is 1170. The fourth-order valence-electron chi connectivity index (χ4n) is 4.06. The first kappa shape index (κ1) is 19.9. The Morgan fingerprint density at radius 3 is 2.60 bits per heavy atom. The zero-order valence-corrected chi connectivity index (χ0v) is 17.1. The van der Waals surface area contributed by atoms with Gasteiger partial charge in [-0.05, 0) is 69.1 Å². The first-order valence-electron chi connectivity index (χ1n) is 9.31. The predicted molar refractivity (Wildman–Crippen MR) is 111 cm³/mol. The van der Waals surface area contributed by atoms with Gasteiger partial charge < -0.3 is 10.0 Å². The summed E-state index contributed by atoms with van der Waals surface area (Å²) >= 11 is 5.60. The van der Waals surface area contributed by atoms with Gasteiger partial charge >= 0.3 is 5.97 Å². The highest BCUT2D eigenvalue weighted by Crippen LogP contribution is 2.48. The molecule has 1 amide bonds. The van der Waals surface area contributed by atoms with Crippen LogP contribution in [0.5, 0.6) is 0 Å². The number of rotatable bonds is 3. The summed E-state index contributed by atoms with van der Waals surface area (Å²) in [5, 5.41) is 18.5. The van der Waals surface area contributed by atoms with Crippen LogP contribution in [0.3, 0.4) is 0 Å². The molecule has 1 aliphatic carbocycles. The summed E-state index contributed by atoms with van der Waals surface area (Å²) in [5.74, 6) is -2.21. The maximum Gasteiger partial charge on any atom is 0.336 e. The predicted octanol–water partition coefficient (Wildman–Crippen LogP) is 3.47. The fourth-order valence-corrected chi connectivity index (χ4v) is 4.52. The average Bonchev–Trinajstić information content (AvgIpc) is 2.90. The molecule has 2 aromatic rings. The second-order valence-corrected chi connectivity index (χ2v) is 7.86. The van der Waals surface area contributed by atoms with Gasteiger partial charge in [-0.3, -0.25) is 9.69 Å². The molecule has 1 spiro atoms. The highest BCUT2D eigenvalue weighted by molar-refractivity contribution is 7.81. The van der Waals surface area contributed by atoms with E-state index < -0.39 is 17.3 Å². The summed E-state index contributed by atoms with van der Waals surface area (Å²) in [5.41, 5.74) is 0.179. The number of carbonyl (C=O) groups is 2. The van der Waals surface area contributed by atoms with E-state index in [-0.39, 0.29) is 33.5 Å². The van der Waals surface area contributed by atoms with Crippen LogP contribution in [0.4, 0.5) is 15.8 Å². The van der Waals surface area contributed by atoms with Gasteiger partial charge in [-0.1, -0.05) is 0 Å². The maximum absolute atomic E-state index is 15.2. The molecule has 1 aliphatic heterocycles. The highest BCUT2D eigenvalue weighted by atomic mass is 32.1. The minimum atomic E-state index is -1.22. The number of anilines is 2. The van der Waals surface area contributed by atoms with Crippen molar-refractivity contribution in [2.45, 2.75) is 38.6 Å². The van der Waals surface area contributed by atoms with Crippen molar-refractivity contribution in [2.75, 3.05) is 9.80 Å². The molecule has 2 aliphatic rings. The van der Waals surface area contributed by atoms with E-state index in [9.17, 15) is 14.7 Å². The summed E-state index contributed by atoms with van der Waals surface area (Å²) in [4.78, 5) is 31.7. The van der Waals surface area contributed by atoms with Crippen LogP contribution in [0.25, 0.3) is 0 Å². The SMILES string of the molecule is Cc1cc(N2C(=O)C3(CCC3)N(c3ccc(C(=O)O)c(C)c3F)C2=S)cnc1C#N. The summed E-state index contributed by atoms with van der Waals surface area (Å²) in [6.45, 7) is 3.10. The number of benzene rings is 1. The number of aromatic nitrogens is 1. The first-order chi connectivity index (χ1) is 14.2. The molecule has 2 heterocycles. The molecule has 1 aromatic carbocycles. The number of carboxylic acids is 1. The molecule has 2 fully saturated rings. The number of carboxylic acid groups (broad SMARTS) is 1. The second kappa shape index (κ2) is 6.85. The van der Waals surface area contributed by atoms with Crippen molar-refractivity contribution in [1.29, 1.82) is 5.26 Å². The number of aryl methyl sites for hydroxylation is 1. The van der Waals surface area contributed by atoms with Gasteiger partial charge in [-0.15, -0.1) is 0 Å². The number of hydrogen-bond acceptors (Lipinski definition) is 5. The number of nitriles is 1. The smallest absolute Gasteiger partial charge is 0.336 e. The summed E-state index contributed by atoms with van der Waals surface area (Å²) in [6, 6.07) is 6.32. The van der Waals surface area contributed by atoms with Crippen LogP contribution in [0.15, 0.2) is 24.4 Å². The molecule has 152 valence electrons. The van der Waals surface area contributed by atoms with E-state index in [0.29, 0.717) is 24.1 Å². The normalized spacial score (nSPS) is 17.3. The lowest BCUT2D eigenvalue weighted by Crippen LogP contribution is -2.55. The van der Waals surface area contributed by atoms with Gasteiger partial charge in [0.1, 0.15) is 17.3 Å². The highest BCUT2D eigenvalue weighted by Gasteiger charge is 2.60. The second-order valence-electron chi connectivity index (χ2n) is 7.49. The molecule has 0 atom stereocenters. The van der Waals surface area contributed by atoms with Gasteiger partial charge in [0.2, 0.25) is 0 Å². The van der Waals surface area contributed by atoms with Crippen LogP contribution in [-0.2, 0) is 4.79 Å². The molecule has 0 radical (unpaired) electrons. The Morgan fingerprint density at radius 1 is 1.37 bits per heavy atom. The van der Waals surface area contributed by atoms with Gasteiger partial charge in [-0.25, -0.2) is 14.2 Å². The molecule has 7 nitrogen and oxygen atoms in total. The largest absolute Gasteiger partial charge is 0.478 e. The molecule has 0 bridgehead atoms. The van der Waals surface area contributed by atoms with Gasteiger partial charge in [0, 0.05) is 5.56 Å². The lowest BCUT2D eigenvalue weighted by Gasteiger charge is -2.43. The van der Waals surface area contributed by atoms with Gasteiger partial charge in [-0.2, -0.15) is 5.26 Å². The number of thiocarbonyl (C=S) groups is 1. The van der Waals surface area contributed by atoms with E-state index in [4.69, 9.17) is 17.5 Å². The monoisotopic (exact) mass is 424 g/mol. The van der Waals surface area contributed by atoms with Crippen LogP contribution in [-0.4, -0.2) is 32.6 Å². The van der Waals surface area contributed by atoms with Crippen LogP contribution in [0.1, 0.15) is 46.4 Å². The Balaban J connectivity index is 1.84. The van der Waals surface area contributed by atoms with Crippen molar-refractivity contribution < 1.29 is 19.1 Å². The Hall–Kier alpha value is -3.38. The Kier molecular flexibility index (Phi) is 4.55. The fraction of sp³-hybridized carbons (Fsp3) is 0.286. The van der Waals surface area contributed by atoms with Crippen LogP contribution in [0.2, 0.25) is 0 Å². The van der Waals surface area contributed by atoms with Crippen molar-refractivity contribution in [1.82, 2.24) is 4.98 Å². The number of pyridine rings is 1. The van der Waals surface area contributed by atoms with Crippen LogP contribution in [0, 0.1) is 31.0 Å². The Labute approximate surface area is 177 Å². The molecule has 1 saturated carbocycles.